The van der Waals surface area contributed by atoms with Gasteiger partial charge in [0.1, 0.15) is 11.6 Å². The van der Waals surface area contributed by atoms with Crippen LogP contribution in [0.1, 0.15) is 38.8 Å². The number of rotatable bonds is 4. The normalized spacial score (nSPS) is 16.9. The van der Waals surface area contributed by atoms with Crippen molar-refractivity contribution in [1.29, 1.82) is 0 Å². The number of nitrogens with one attached hydrogen (secondary N) is 1. The third kappa shape index (κ3) is 6.33. The molecule has 1 aromatic carbocycles. The molecule has 0 aromatic heterocycles. The van der Waals surface area contributed by atoms with E-state index in [1.54, 1.807) is 27.7 Å². The van der Waals surface area contributed by atoms with E-state index >= 15 is 0 Å². The largest absolute Gasteiger partial charge is 0.444 e. The summed E-state index contributed by atoms with van der Waals surface area (Å²) in [6, 6.07) is 7.92. The lowest BCUT2D eigenvalue weighted by molar-refractivity contribution is -0.134. The molecule has 1 N–H and O–H groups in total. The van der Waals surface area contributed by atoms with E-state index in [4.69, 9.17) is 4.74 Å². The number of aryl methyl sites for hydroxylation is 1. The Hall–Kier alpha value is -2.08. The van der Waals surface area contributed by atoms with Crippen LogP contribution in [0.5, 0.6) is 0 Å². The van der Waals surface area contributed by atoms with E-state index < -0.39 is 17.7 Å². The van der Waals surface area contributed by atoms with Gasteiger partial charge in [-0.1, -0.05) is 29.8 Å². The monoisotopic (exact) mass is 361 g/mol. The molecule has 1 atom stereocenters. The molecular formula is C20H31N3O3. The van der Waals surface area contributed by atoms with Gasteiger partial charge in [0.25, 0.3) is 0 Å². The summed E-state index contributed by atoms with van der Waals surface area (Å²) >= 11 is 0. The van der Waals surface area contributed by atoms with E-state index in [1.165, 1.54) is 11.1 Å². The fraction of sp³-hybridized carbons (Fsp3) is 0.600. The summed E-state index contributed by atoms with van der Waals surface area (Å²) in [6.07, 6.45) is -0.559. The Morgan fingerprint density at radius 2 is 1.85 bits per heavy atom. The molecule has 0 aliphatic carbocycles. The molecule has 0 bridgehead atoms. The Bertz CT molecular complexity index is 631. The second-order valence-electron chi connectivity index (χ2n) is 7.96. The summed E-state index contributed by atoms with van der Waals surface area (Å²) in [5.74, 6) is -0.0638. The predicted octanol–water partition coefficient (Wildman–Crippen LogP) is 2.55. The zero-order valence-electron chi connectivity index (χ0n) is 16.5. The number of carbonyl (C=O) groups excluding carboxylic acids is 2. The maximum atomic E-state index is 12.5. The minimum absolute atomic E-state index is 0.0638. The molecule has 6 heteroatoms. The highest BCUT2D eigenvalue weighted by Crippen LogP contribution is 2.11. The number of alkyl carbamates (subject to hydrolysis) is 1. The lowest BCUT2D eigenvalue weighted by Crippen LogP contribution is -2.54. The molecule has 1 aliphatic rings. The van der Waals surface area contributed by atoms with Gasteiger partial charge in [-0.25, -0.2) is 4.79 Å². The van der Waals surface area contributed by atoms with Crippen molar-refractivity contribution in [3.05, 3.63) is 35.4 Å². The van der Waals surface area contributed by atoms with Crippen molar-refractivity contribution >= 4 is 12.0 Å². The van der Waals surface area contributed by atoms with Gasteiger partial charge in [-0.3, -0.25) is 9.69 Å². The molecule has 0 radical (unpaired) electrons. The number of carbonyl (C=O) groups is 2. The van der Waals surface area contributed by atoms with Gasteiger partial charge < -0.3 is 15.0 Å². The van der Waals surface area contributed by atoms with Crippen molar-refractivity contribution in [2.24, 2.45) is 0 Å². The first-order chi connectivity index (χ1) is 12.1. The van der Waals surface area contributed by atoms with Crippen molar-refractivity contribution in [1.82, 2.24) is 15.1 Å². The first-order valence-corrected chi connectivity index (χ1v) is 9.20. The van der Waals surface area contributed by atoms with E-state index in [2.05, 4.69) is 41.4 Å². The first kappa shape index (κ1) is 20.2. The van der Waals surface area contributed by atoms with Gasteiger partial charge >= 0.3 is 6.09 Å². The molecule has 1 fully saturated rings. The smallest absolute Gasteiger partial charge is 0.408 e. The van der Waals surface area contributed by atoms with Gasteiger partial charge in [-0.15, -0.1) is 0 Å². The van der Waals surface area contributed by atoms with E-state index in [9.17, 15) is 9.59 Å². The fourth-order valence-corrected chi connectivity index (χ4v) is 3.01. The number of hydrogen-bond donors (Lipinski definition) is 1. The average Bonchev–Trinajstić information content (AvgIpc) is 2.53. The van der Waals surface area contributed by atoms with Gasteiger partial charge in [-0.05, 0) is 40.2 Å². The molecule has 2 amide bonds. The highest BCUT2D eigenvalue weighted by molar-refractivity contribution is 5.85. The molecular weight excluding hydrogens is 330 g/mol. The predicted molar refractivity (Wildman–Crippen MR) is 102 cm³/mol. The van der Waals surface area contributed by atoms with Gasteiger partial charge in [-0.2, -0.15) is 0 Å². The first-order valence-electron chi connectivity index (χ1n) is 9.20. The molecule has 0 unspecified atom stereocenters. The minimum atomic E-state index is -0.590. The van der Waals surface area contributed by atoms with Crippen LogP contribution in [0.15, 0.2) is 24.3 Å². The second kappa shape index (κ2) is 8.54. The molecule has 1 aliphatic heterocycles. The summed E-state index contributed by atoms with van der Waals surface area (Å²) in [5.41, 5.74) is 1.98. The highest BCUT2D eigenvalue weighted by Gasteiger charge is 2.27. The number of amides is 2. The summed E-state index contributed by atoms with van der Waals surface area (Å²) in [7, 11) is 0. The van der Waals surface area contributed by atoms with Crippen LogP contribution in [0, 0.1) is 6.92 Å². The summed E-state index contributed by atoms with van der Waals surface area (Å²) < 4.78 is 5.21. The Morgan fingerprint density at radius 1 is 1.19 bits per heavy atom. The molecule has 144 valence electrons. The quantitative estimate of drug-likeness (QED) is 0.895. The van der Waals surface area contributed by atoms with Crippen LogP contribution in [0.3, 0.4) is 0 Å². The highest BCUT2D eigenvalue weighted by atomic mass is 16.6. The summed E-state index contributed by atoms with van der Waals surface area (Å²) in [5, 5.41) is 2.62. The zero-order chi connectivity index (χ0) is 19.3. The number of nitrogens with zero attached hydrogens (tertiary/aromatic N) is 2. The van der Waals surface area contributed by atoms with Gasteiger partial charge in [0.15, 0.2) is 0 Å². The van der Waals surface area contributed by atoms with E-state index in [1.807, 2.05) is 4.90 Å². The minimum Gasteiger partial charge on any atom is -0.444 e. The van der Waals surface area contributed by atoms with E-state index in [-0.39, 0.29) is 5.91 Å². The molecule has 6 nitrogen and oxygen atoms in total. The Kier molecular flexibility index (Phi) is 6.64. The van der Waals surface area contributed by atoms with Crippen LogP contribution >= 0.6 is 0 Å². The average molecular weight is 361 g/mol. The lowest BCUT2D eigenvalue weighted by atomic mass is 10.1. The van der Waals surface area contributed by atoms with E-state index in [0.717, 1.165) is 19.6 Å². The van der Waals surface area contributed by atoms with Crippen LogP contribution in [0.2, 0.25) is 0 Å². The van der Waals surface area contributed by atoms with Gasteiger partial charge in [0.2, 0.25) is 5.91 Å². The Balaban J connectivity index is 1.79. The van der Waals surface area contributed by atoms with Crippen LogP contribution in [-0.2, 0) is 16.1 Å². The standard InChI is InChI=1S/C20H31N3O3/c1-15-7-6-8-17(13-15)14-22-9-11-23(12-10-22)18(24)16(2)21-19(25)26-20(3,4)5/h6-8,13,16H,9-12,14H2,1-5H3,(H,21,25)/t16-/m1/s1. The van der Waals surface area contributed by atoms with Crippen LogP contribution < -0.4 is 5.32 Å². The summed E-state index contributed by atoms with van der Waals surface area (Å²) in [6.45, 7) is 13.1. The molecule has 2 rings (SSSR count). The third-order valence-electron chi connectivity index (χ3n) is 4.28. The maximum Gasteiger partial charge on any atom is 0.408 e. The fourth-order valence-electron chi connectivity index (χ4n) is 3.01. The van der Waals surface area contributed by atoms with Crippen molar-refractivity contribution in [2.75, 3.05) is 26.2 Å². The number of benzene rings is 1. The van der Waals surface area contributed by atoms with Crippen LogP contribution in [0.4, 0.5) is 4.79 Å². The number of hydrogen-bond acceptors (Lipinski definition) is 4. The second-order valence-corrected chi connectivity index (χ2v) is 7.96. The lowest BCUT2D eigenvalue weighted by Gasteiger charge is -2.36. The number of ether oxygens (including phenoxy) is 1. The molecule has 1 heterocycles. The summed E-state index contributed by atoms with van der Waals surface area (Å²) in [4.78, 5) is 28.5. The molecule has 1 saturated heterocycles. The Morgan fingerprint density at radius 3 is 2.42 bits per heavy atom. The Labute approximate surface area is 156 Å². The van der Waals surface area contributed by atoms with Crippen molar-refractivity contribution in [2.45, 2.75) is 52.8 Å². The van der Waals surface area contributed by atoms with E-state index in [0.29, 0.717) is 13.1 Å². The van der Waals surface area contributed by atoms with Crippen molar-refractivity contribution < 1.29 is 14.3 Å². The topological polar surface area (TPSA) is 61.9 Å². The zero-order valence-corrected chi connectivity index (χ0v) is 16.5. The molecule has 0 spiro atoms. The van der Waals surface area contributed by atoms with Crippen molar-refractivity contribution in [3.8, 4) is 0 Å². The van der Waals surface area contributed by atoms with Crippen LogP contribution in [-0.4, -0.2) is 59.6 Å². The van der Waals surface area contributed by atoms with Crippen molar-refractivity contribution in [3.63, 3.8) is 0 Å². The molecule has 0 saturated carbocycles. The van der Waals surface area contributed by atoms with Crippen LogP contribution in [0.25, 0.3) is 0 Å². The SMILES string of the molecule is Cc1cccc(CN2CCN(C(=O)[C@@H](C)NC(=O)OC(C)(C)C)CC2)c1. The molecule has 1 aromatic rings. The van der Waals surface area contributed by atoms with Gasteiger partial charge in [0.05, 0.1) is 0 Å². The molecule has 26 heavy (non-hydrogen) atoms. The van der Waals surface area contributed by atoms with Gasteiger partial charge in [0, 0.05) is 32.7 Å². The third-order valence-corrected chi connectivity index (χ3v) is 4.28. The number of piperazine rings is 1. The maximum absolute atomic E-state index is 12.5.